The molecular weight excluding hydrogens is 570 g/mol. The van der Waals surface area contributed by atoms with Gasteiger partial charge in [0.2, 0.25) is 0 Å². The van der Waals surface area contributed by atoms with Gasteiger partial charge in [-0.2, -0.15) is 0 Å². The molecule has 2 nitrogen and oxygen atoms in total. The van der Waals surface area contributed by atoms with Gasteiger partial charge in [0.05, 0.1) is 0 Å². The van der Waals surface area contributed by atoms with E-state index >= 15 is 0 Å². The van der Waals surface area contributed by atoms with E-state index in [4.69, 9.17) is 0 Å². The van der Waals surface area contributed by atoms with Gasteiger partial charge >= 0.3 is 0 Å². The van der Waals surface area contributed by atoms with E-state index in [-0.39, 0.29) is 48.0 Å². The average Bonchev–Trinajstić information content (AvgIpc) is 2.65. The number of hydrogen-bond donors (Lipinski definition) is 0. The average molecular weight is 608 g/mol. The maximum Gasteiger partial charge on any atom is 0.181 e. The summed E-state index contributed by atoms with van der Waals surface area (Å²) < 4.78 is 4.50. The molecule has 2 heterocycles. The number of halogens is 2. The number of aryl methyl sites for hydroxylation is 4. The highest BCUT2D eigenvalue weighted by Gasteiger charge is 2.04. The van der Waals surface area contributed by atoms with E-state index < -0.39 is 0 Å². The Morgan fingerprint density at radius 2 is 0.821 bits per heavy atom. The minimum Gasteiger partial charge on any atom is -1.00 e. The van der Waals surface area contributed by atoms with Gasteiger partial charge in [0, 0.05) is 37.1 Å². The molecule has 0 spiro atoms. The van der Waals surface area contributed by atoms with Crippen molar-refractivity contribution in [2.75, 3.05) is 0 Å². The van der Waals surface area contributed by atoms with Crippen molar-refractivity contribution in [2.45, 2.75) is 77.0 Å². The van der Waals surface area contributed by atoms with Crippen molar-refractivity contribution in [3.63, 3.8) is 0 Å². The van der Waals surface area contributed by atoms with Crippen molar-refractivity contribution in [3.05, 3.63) is 60.2 Å². The predicted molar refractivity (Wildman–Crippen MR) is 109 cm³/mol. The van der Waals surface area contributed by atoms with Crippen LogP contribution < -0.4 is 57.1 Å². The highest BCUT2D eigenvalue weighted by molar-refractivity contribution is 4.97. The van der Waals surface area contributed by atoms with Crippen molar-refractivity contribution >= 4 is 0 Å². The first-order chi connectivity index (χ1) is 12.8. The molecule has 0 unspecified atom stereocenters. The largest absolute Gasteiger partial charge is 1.00 e. The first-order valence-corrected chi connectivity index (χ1v) is 10.6. The van der Waals surface area contributed by atoms with Crippen LogP contribution in [0, 0.1) is 0 Å². The minimum atomic E-state index is 0. The molecule has 2 aromatic rings. The van der Waals surface area contributed by atoms with Crippen molar-refractivity contribution in [1.29, 1.82) is 0 Å². The number of aromatic nitrogens is 2. The molecule has 158 valence electrons. The van der Waals surface area contributed by atoms with Gasteiger partial charge in [-0.25, -0.2) is 9.13 Å². The lowest BCUT2D eigenvalue weighted by Gasteiger charge is -2.03. The molecule has 0 aromatic carbocycles. The summed E-state index contributed by atoms with van der Waals surface area (Å²) in [5.74, 6) is 0. The van der Waals surface area contributed by atoms with Gasteiger partial charge in [-0.05, 0) is 12.8 Å². The molecule has 0 amide bonds. The minimum absolute atomic E-state index is 0. The monoisotopic (exact) mass is 608 g/mol. The van der Waals surface area contributed by atoms with E-state index in [9.17, 15) is 0 Å². The summed E-state index contributed by atoms with van der Waals surface area (Å²) in [5, 5.41) is 0. The molecule has 0 bridgehead atoms. The van der Waals surface area contributed by atoms with Crippen molar-refractivity contribution in [1.82, 2.24) is 0 Å². The molecule has 0 saturated carbocycles. The molecule has 2 aromatic heterocycles. The lowest BCUT2D eigenvalue weighted by atomic mass is 10.0. The van der Waals surface area contributed by atoms with Gasteiger partial charge in [-0.1, -0.05) is 63.5 Å². The Hall–Kier alpha value is -0.240. The number of unbranched alkanes of at least 4 members (excludes halogenated alkanes) is 9. The maximum absolute atomic E-state index is 2.25. The van der Waals surface area contributed by atoms with E-state index in [0.717, 1.165) is 0 Å². The van der Waals surface area contributed by atoms with Crippen LogP contribution in [0.3, 0.4) is 0 Å². The normalized spacial score (nSPS) is 10.2. The first kappa shape index (κ1) is 27.8. The van der Waals surface area contributed by atoms with E-state index in [1.54, 1.807) is 0 Å². The molecule has 0 aliphatic heterocycles. The smallest absolute Gasteiger partial charge is 0.181 e. The summed E-state index contributed by atoms with van der Waals surface area (Å²) in [6, 6.07) is 13.0. The fraction of sp³-hybridized carbons (Fsp3) is 0.583. The van der Waals surface area contributed by atoms with Crippen molar-refractivity contribution in [2.24, 2.45) is 14.1 Å². The second-order valence-corrected chi connectivity index (χ2v) is 7.64. The fourth-order valence-corrected chi connectivity index (χ4v) is 3.66. The van der Waals surface area contributed by atoms with Gasteiger partial charge in [-0.3, -0.25) is 0 Å². The van der Waals surface area contributed by atoms with Crippen LogP contribution in [0.4, 0.5) is 0 Å². The predicted octanol–water partition coefficient (Wildman–Crippen LogP) is -0.970. The Labute approximate surface area is 207 Å². The summed E-state index contributed by atoms with van der Waals surface area (Å²) >= 11 is 0. The Balaban J connectivity index is 0.00000364. The fourth-order valence-electron chi connectivity index (χ4n) is 3.66. The summed E-state index contributed by atoms with van der Waals surface area (Å²) in [7, 11) is 4.30. The molecule has 0 fully saturated rings. The molecule has 0 N–H and O–H groups in total. The molecular formula is C24H38I2N2. The molecule has 0 aliphatic rings. The van der Waals surface area contributed by atoms with Crippen LogP contribution in [-0.4, -0.2) is 0 Å². The van der Waals surface area contributed by atoms with Crippen LogP contribution in [0.2, 0.25) is 0 Å². The summed E-state index contributed by atoms with van der Waals surface area (Å²) in [6.07, 6.45) is 20.6. The van der Waals surface area contributed by atoms with Gasteiger partial charge in [0.25, 0.3) is 0 Å². The molecule has 0 radical (unpaired) electrons. The van der Waals surface area contributed by atoms with Crippen LogP contribution in [0.5, 0.6) is 0 Å². The molecule has 4 heteroatoms. The third-order valence-electron chi connectivity index (χ3n) is 5.44. The van der Waals surface area contributed by atoms with Crippen LogP contribution in [0.15, 0.2) is 48.8 Å². The molecule has 28 heavy (non-hydrogen) atoms. The summed E-state index contributed by atoms with van der Waals surface area (Å²) in [6.45, 7) is 0. The Morgan fingerprint density at radius 3 is 1.14 bits per heavy atom. The molecule has 0 saturated heterocycles. The number of rotatable bonds is 13. The third kappa shape index (κ3) is 11.7. The Morgan fingerprint density at radius 1 is 0.500 bits per heavy atom. The molecule has 0 atom stereocenters. The highest BCUT2D eigenvalue weighted by atomic mass is 127. The number of nitrogens with zero attached hydrogens (tertiary/aromatic N) is 2. The zero-order valence-corrected chi connectivity index (χ0v) is 22.1. The maximum atomic E-state index is 2.25. The SMILES string of the molecule is C[n+]1ccccc1CCCCCCCCCCCCc1cccc[n+]1C.[I-].[I-]. The summed E-state index contributed by atoms with van der Waals surface area (Å²) in [5.41, 5.74) is 2.91. The van der Waals surface area contributed by atoms with Gasteiger partial charge in [0.15, 0.2) is 23.8 Å². The van der Waals surface area contributed by atoms with E-state index in [1.807, 2.05) is 0 Å². The second kappa shape index (κ2) is 17.6. The highest BCUT2D eigenvalue weighted by Crippen LogP contribution is 2.12. The lowest BCUT2D eigenvalue weighted by molar-refractivity contribution is -0.679. The van der Waals surface area contributed by atoms with Crippen LogP contribution in [0.25, 0.3) is 0 Å². The lowest BCUT2D eigenvalue weighted by Crippen LogP contribution is -3.00. The third-order valence-corrected chi connectivity index (χ3v) is 5.44. The van der Waals surface area contributed by atoms with Gasteiger partial charge < -0.3 is 48.0 Å². The zero-order valence-electron chi connectivity index (χ0n) is 17.8. The number of hydrogen-bond acceptors (Lipinski definition) is 0. The van der Waals surface area contributed by atoms with Gasteiger partial charge in [-0.15, -0.1) is 0 Å². The van der Waals surface area contributed by atoms with Gasteiger partial charge in [0.1, 0.15) is 14.1 Å². The Bertz CT molecular complexity index is 576. The number of pyridine rings is 2. The molecule has 0 aliphatic carbocycles. The zero-order chi connectivity index (χ0) is 18.5. The van der Waals surface area contributed by atoms with Crippen LogP contribution >= 0.6 is 0 Å². The first-order valence-electron chi connectivity index (χ1n) is 10.6. The molecule has 2 rings (SSSR count). The van der Waals surface area contributed by atoms with E-state index in [0.29, 0.717) is 0 Å². The Kier molecular flexibility index (Phi) is 17.5. The van der Waals surface area contributed by atoms with E-state index in [2.05, 4.69) is 72.0 Å². The van der Waals surface area contributed by atoms with E-state index in [1.165, 1.54) is 88.4 Å². The topological polar surface area (TPSA) is 7.76 Å². The van der Waals surface area contributed by atoms with Crippen LogP contribution in [0.1, 0.15) is 75.6 Å². The van der Waals surface area contributed by atoms with Crippen LogP contribution in [-0.2, 0) is 26.9 Å². The van der Waals surface area contributed by atoms with Crippen molar-refractivity contribution in [3.8, 4) is 0 Å². The standard InChI is InChI=1S/C24H38N2.2HI/c1-25-21-15-13-19-23(25)17-11-9-7-5-3-4-6-8-10-12-18-24-20-14-16-22-26(24)2;;/h13-16,19-22H,3-12,17-18H2,1-2H3;2*1H/q+2;;/p-2. The second-order valence-electron chi connectivity index (χ2n) is 7.64. The van der Waals surface area contributed by atoms with Crippen molar-refractivity contribution < 1.29 is 57.1 Å². The quantitative estimate of drug-likeness (QED) is 0.157. The summed E-state index contributed by atoms with van der Waals surface area (Å²) in [4.78, 5) is 0.